The van der Waals surface area contributed by atoms with Gasteiger partial charge in [-0.15, -0.1) is 10.2 Å². The van der Waals surface area contributed by atoms with E-state index in [1.165, 1.54) is 5.56 Å². The molecule has 0 atom stereocenters. The second-order valence-corrected chi connectivity index (χ2v) is 7.77. The molecule has 2 aliphatic rings. The molecule has 1 saturated heterocycles. The topological polar surface area (TPSA) is 71.5 Å². The van der Waals surface area contributed by atoms with Gasteiger partial charge >= 0.3 is 5.97 Å². The summed E-state index contributed by atoms with van der Waals surface area (Å²) in [4.78, 5) is 21.9. The van der Waals surface area contributed by atoms with Gasteiger partial charge in [0.15, 0.2) is 5.82 Å². The van der Waals surface area contributed by atoms with Gasteiger partial charge in [0, 0.05) is 37.9 Å². The fourth-order valence-corrected chi connectivity index (χ4v) is 4.48. The predicted octanol–water partition coefficient (Wildman–Crippen LogP) is 3.14. The monoisotopic (exact) mass is 415 g/mol. The zero-order valence-electron chi connectivity index (χ0n) is 17.6. The fourth-order valence-electron chi connectivity index (χ4n) is 4.48. The molecule has 2 aromatic heterocycles. The number of carbonyl (C=O) groups excluding carboxylic acids is 1. The van der Waals surface area contributed by atoms with Crippen molar-refractivity contribution in [3.8, 4) is 11.3 Å². The number of piperazine rings is 1. The zero-order chi connectivity index (χ0) is 21.2. The van der Waals surface area contributed by atoms with Gasteiger partial charge in [0.05, 0.1) is 12.3 Å². The van der Waals surface area contributed by atoms with Crippen molar-refractivity contribution in [2.75, 3.05) is 42.6 Å². The van der Waals surface area contributed by atoms with Crippen LogP contribution in [-0.4, -0.2) is 53.9 Å². The fraction of sp³-hybridized carbons (Fsp3) is 0.333. The van der Waals surface area contributed by atoms with E-state index in [4.69, 9.17) is 4.74 Å². The number of aromatic nitrogens is 3. The second kappa shape index (κ2) is 8.34. The maximum absolute atomic E-state index is 13.0. The van der Waals surface area contributed by atoms with E-state index >= 15 is 0 Å². The Kier molecular flexibility index (Phi) is 5.24. The molecule has 1 aromatic carbocycles. The third-order valence-corrected chi connectivity index (χ3v) is 6.00. The summed E-state index contributed by atoms with van der Waals surface area (Å²) >= 11 is 0. The van der Waals surface area contributed by atoms with Crippen LogP contribution in [0, 0.1) is 0 Å². The molecule has 0 unspecified atom stereocenters. The van der Waals surface area contributed by atoms with Crippen molar-refractivity contribution in [1.82, 2.24) is 15.2 Å². The lowest BCUT2D eigenvalue weighted by atomic mass is 9.87. The SMILES string of the molecule is CCOC(=O)c1c(N2CCN(c3ccccn3)CC2)nnc2c1CCc1ccccc1-2. The maximum atomic E-state index is 13.0. The summed E-state index contributed by atoms with van der Waals surface area (Å²) in [6.07, 6.45) is 3.46. The summed E-state index contributed by atoms with van der Waals surface area (Å²) in [5, 5.41) is 9.15. The number of rotatable bonds is 4. The minimum absolute atomic E-state index is 0.310. The van der Waals surface area contributed by atoms with E-state index in [1.54, 1.807) is 0 Å². The molecule has 1 aliphatic heterocycles. The predicted molar refractivity (Wildman–Crippen MR) is 119 cm³/mol. The van der Waals surface area contributed by atoms with Crippen LogP contribution in [-0.2, 0) is 17.6 Å². The van der Waals surface area contributed by atoms with Crippen LogP contribution in [0.3, 0.4) is 0 Å². The van der Waals surface area contributed by atoms with E-state index in [2.05, 4.69) is 37.1 Å². The van der Waals surface area contributed by atoms with Crippen LogP contribution < -0.4 is 9.80 Å². The minimum Gasteiger partial charge on any atom is -0.462 e. The number of fused-ring (bicyclic) bond motifs is 3. The van der Waals surface area contributed by atoms with E-state index in [9.17, 15) is 4.79 Å². The number of esters is 1. The number of nitrogens with zero attached hydrogens (tertiary/aromatic N) is 5. The Morgan fingerprint density at radius 1 is 0.968 bits per heavy atom. The third kappa shape index (κ3) is 3.60. The van der Waals surface area contributed by atoms with Crippen LogP contribution in [0.1, 0.15) is 28.4 Å². The molecular formula is C24H25N5O2. The minimum atomic E-state index is -0.310. The first kappa shape index (κ1) is 19.5. The highest BCUT2D eigenvalue weighted by Crippen LogP contribution is 2.36. The smallest absolute Gasteiger partial charge is 0.342 e. The summed E-state index contributed by atoms with van der Waals surface area (Å²) in [7, 11) is 0. The number of ether oxygens (including phenoxy) is 1. The van der Waals surface area contributed by atoms with E-state index < -0.39 is 0 Å². The highest BCUT2D eigenvalue weighted by molar-refractivity contribution is 5.98. The Balaban J connectivity index is 1.49. The molecule has 1 aliphatic carbocycles. The number of benzene rings is 1. The third-order valence-electron chi connectivity index (χ3n) is 6.00. The number of carbonyl (C=O) groups is 1. The number of hydrogen-bond donors (Lipinski definition) is 0. The molecule has 0 amide bonds. The van der Waals surface area contributed by atoms with Gasteiger partial charge < -0.3 is 14.5 Å². The highest BCUT2D eigenvalue weighted by atomic mass is 16.5. The van der Waals surface area contributed by atoms with E-state index in [1.807, 2.05) is 43.5 Å². The van der Waals surface area contributed by atoms with Crippen molar-refractivity contribution in [3.05, 3.63) is 65.4 Å². The molecule has 0 radical (unpaired) electrons. The molecule has 7 nitrogen and oxygen atoms in total. The highest BCUT2D eigenvalue weighted by Gasteiger charge is 2.31. The summed E-state index contributed by atoms with van der Waals surface area (Å²) < 4.78 is 5.45. The maximum Gasteiger partial charge on any atom is 0.342 e. The lowest BCUT2D eigenvalue weighted by molar-refractivity contribution is 0.0525. The molecule has 5 rings (SSSR count). The summed E-state index contributed by atoms with van der Waals surface area (Å²) in [6.45, 7) is 5.26. The summed E-state index contributed by atoms with van der Waals surface area (Å²) in [6, 6.07) is 14.2. The Morgan fingerprint density at radius 2 is 1.74 bits per heavy atom. The van der Waals surface area contributed by atoms with Gasteiger partial charge in [0.25, 0.3) is 0 Å². The normalized spacial score (nSPS) is 15.3. The standard InChI is InChI=1S/C24H25N5O2/c1-2-31-24(30)21-19-11-10-17-7-3-4-8-18(17)22(19)26-27-23(21)29-15-13-28(14-16-29)20-9-5-6-12-25-20/h3-9,12H,2,10-11,13-16H2,1H3. The van der Waals surface area contributed by atoms with Crippen molar-refractivity contribution < 1.29 is 9.53 Å². The zero-order valence-corrected chi connectivity index (χ0v) is 17.6. The van der Waals surface area contributed by atoms with E-state index in [0.717, 1.165) is 61.7 Å². The van der Waals surface area contributed by atoms with Crippen LogP contribution in [0.15, 0.2) is 48.7 Å². The molecule has 158 valence electrons. The molecule has 0 N–H and O–H groups in total. The molecule has 0 bridgehead atoms. The van der Waals surface area contributed by atoms with Gasteiger partial charge in [-0.2, -0.15) is 0 Å². The Hall–Kier alpha value is -3.48. The van der Waals surface area contributed by atoms with Gasteiger partial charge in [-0.3, -0.25) is 0 Å². The van der Waals surface area contributed by atoms with Gasteiger partial charge in [0.2, 0.25) is 0 Å². The molecular weight excluding hydrogens is 390 g/mol. The van der Waals surface area contributed by atoms with Crippen molar-refractivity contribution in [3.63, 3.8) is 0 Å². The van der Waals surface area contributed by atoms with Gasteiger partial charge in [-0.1, -0.05) is 30.3 Å². The molecule has 7 heteroatoms. The number of aryl methyl sites for hydroxylation is 1. The second-order valence-electron chi connectivity index (χ2n) is 7.77. The molecule has 0 saturated carbocycles. The molecule has 3 aromatic rings. The Bertz CT molecular complexity index is 1090. The van der Waals surface area contributed by atoms with E-state index in [-0.39, 0.29) is 5.97 Å². The number of hydrogen-bond acceptors (Lipinski definition) is 7. The summed E-state index contributed by atoms with van der Waals surface area (Å²) in [5.74, 6) is 1.30. The average molecular weight is 415 g/mol. The van der Waals surface area contributed by atoms with Crippen LogP contribution in [0.5, 0.6) is 0 Å². The molecule has 31 heavy (non-hydrogen) atoms. The van der Waals surface area contributed by atoms with Crippen LogP contribution >= 0.6 is 0 Å². The quantitative estimate of drug-likeness (QED) is 0.606. The average Bonchev–Trinajstić information content (AvgIpc) is 2.84. The first-order valence-electron chi connectivity index (χ1n) is 10.8. The van der Waals surface area contributed by atoms with Crippen LogP contribution in [0.25, 0.3) is 11.3 Å². The van der Waals surface area contributed by atoms with Gasteiger partial charge in [-0.05, 0) is 43.0 Å². The van der Waals surface area contributed by atoms with Crippen molar-refractivity contribution >= 4 is 17.6 Å². The van der Waals surface area contributed by atoms with Crippen molar-refractivity contribution in [1.29, 1.82) is 0 Å². The summed E-state index contributed by atoms with van der Waals surface area (Å²) in [5.41, 5.74) is 4.65. The largest absolute Gasteiger partial charge is 0.462 e. The number of anilines is 2. The lowest BCUT2D eigenvalue weighted by Gasteiger charge is -2.37. The van der Waals surface area contributed by atoms with E-state index in [0.29, 0.717) is 18.0 Å². The number of pyridine rings is 1. The van der Waals surface area contributed by atoms with Crippen LogP contribution in [0.2, 0.25) is 0 Å². The molecule has 1 fully saturated rings. The molecule has 0 spiro atoms. The first-order valence-corrected chi connectivity index (χ1v) is 10.8. The Labute approximate surface area is 181 Å². The lowest BCUT2D eigenvalue weighted by Crippen LogP contribution is -2.47. The van der Waals surface area contributed by atoms with Crippen LogP contribution in [0.4, 0.5) is 11.6 Å². The van der Waals surface area contributed by atoms with Gasteiger partial charge in [-0.25, -0.2) is 9.78 Å². The van der Waals surface area contributed by atoms with Crippen molar-refractivity contribution in [2.24, 2.45) is 0 Å². The van der Waals surface area contributed by atoms with Gasteiger partial charge in [0.1, 0.15) is 11.4 Å². The molecule has 3 heterocycles. The van der Waals surface area contributed by atoms with Crippen molar-refractivity contribution in [2.45, 2.75) is 19.8 Å². The first-order chi connectivity index (χ1) is 15.3. The Morgan fingerprint density at radius 3 is 2.52 bits per heavy atom.